The SMILES string of the molecule is Cc1ccc(NC2C(=O)Nc3cc(Br)ccc32)cc1. The van der Waals surface area contributed by atoms with Crippen molar-refractivity contribution in [1.29, 1.82) is 0 Å². The fraction of sp³-hybridized carbons (Fsp3) is 0.133. The van der Waals surface area contributed by atoms with Crippen LogP contribution in [0.1, 0.15) is 17.2 Å². The highest BCUT2D eigenvalue weighted by atomic mass is 79.9. The maximum atomic E-state index is 12.0. The summed E-state index contributed by atoms with van der Waals surface area (Å²) >= 11 is 3.41. The quantitative estimate of drug-likeness (QED) is 0.883. The van der Waals surface area contributed by atoms with Crippen molar-refractivity contribution in [2.24, 2.45) is 0 Å². The largest absolute Gasteiger partial charge is 0.370 e. The van der Waals surface area contributed by atoms with Gasteiger partial charge in [-0.05, 0) is 31.2 Å². The molecule has 1 atom stereocenters. The van der Waals surface area contributed by atoms with E-state index in [1.807, 2.05) is 49.4 Å². The molecule has 4 heteroatoms. The van der Waals surface area contributed by atoms with E-state index in [0.29, 0.717) is 0 Å². The molecule has 2 aromatic carbocycles. The highest BCUT2D eigenvalue weighted by molar-refractivity contribution is 9.10. The minimum atomic E-state index is -0.328. The molecule has 0 saturated heterocycles. The Hall–Kier alpha value is -1.81. The summed E-state index contributed by atoms with van der Waals surface area (Å²) in [4.78, 5) is 12.0. The van der Waals surface area contributed by atoms with Gasteiger partial charge in [-0.1, -0.05) is 39.7 Å². The van der Waals surface area contributed by atoms with Gasteiger partial charge in [0.1, 0.15) is 6.04 Å². The van der Waals surface area contributed by atoms with Gasteiger partial charge in [-0.2, -0.15) is 0 Å². The van der Waals surface area contributed by atoms with Crippen LogP contribution in [0, 0.1) is 6.92 Å². The molecule has 1 amide bonds. The van der Waals surface area contributed by atoms with Gasteiger partial charge in [0.05, 0.1) is 0 Å². The first-order valence-corrected chi connectivity index (χ1v) is 6.86. The lowest BCUT2D eigenvalue weighted by atomic mass is 10.1. The lowest BCUT2D eigenvalue weighted by Gasteiger charge is -2.13. The zero-order chi connectivity index (χ0) is 13.4. The summed E-state index contributed by atoms with van der Waals surface area (Å²) in [6.45, 7) is 2.04. The second kappa shape index (κ2) is 4.70. The van der Waals surface area contributed by atoms with Crippen LogP contribution >= 0.6 is 15.9 Å². The normalized spacial score (nSPS) is 16.9. The molecule has 2 aromatic rings. The second-order valence-corrected chi connectivity index (χ2v) is 5.58. The van der Waals surface area contributed by atoms with E-state index >= 15 is 0 Å². The third-order valence-corrected chi connectivity index (χ3v) is 3.70. The third-order valence-electron chi connectivity index (χ3n) is 3.21. The number of fused-ring (bicyclic) bond motifs is 1. The molecule has 1 aliphatic heterocycles. The molecule has 3 nitrogen and oxygen atoms in total. The molecule has 0 aromatic heterocycles. The first kappa shape index (κ1) is 12.2. The van der Waals surface area contributed by atoms with Gasteiger partial charge in [0.15, 0.2) is 0 Å². The van der Waals surface area contributed by atoms with Crippen molar-refractivity contribution in [1.82, 2.24) is 0 Å². The van der Waals surface area contributed by atoms with Crippen LogP contribution in [-0.4, -0.2) is 5.91 Å². The van der Waals surface area contributed by atoms with Crippen LogP contribution in [0.5, 0.6) is 0 Å². The van der Waals surface area contributed by atoms with Crippen molar-refractivity contribution < 1.29 is 4.79 Å². The highest BCUT2D eigenvalue weighted by Crippen LogP contribution is 2.35. The Labute approximate surface area is 120 Å². The number of amides is 1. The average Bonchev–Trinajstić information content (AvgIpc) is 2.68. The minimum Gasteiger partial charge on any atom is -0.370 e. The molecule has 0 aliphatic carbocycles. The Morgan fingerprint density at radius 2 is 1.89 bits per heavy atom. The number of benzene rings is 2. The van der Waals surface area contributed by atoms with Crippen molar-refractivity contribution in [3.63, 3.8) is 0 Å². The Balaban J connectivity index is 1.90. The molecule has 0 bridgehead atoms. The van der Waals surface area contributed by atoms with E-state index in [4.69, 9.17) is 0 Å². The number of carbonyl (C=O) groups is 1. The number of halogens is 1. The fourth-order valence-electron chi connectivity index (χ4n) is 2.19. The zero-order valence-corrected chi connectivity index (χ0v) is 12.0. The monoisotopic (exact) mass is 316 g/mol. The van der Waals surface area contributed by atoms with Gasteiger partial charge in [0, 0.05) is 21.4 Å². The number of aryl methyl sites for hydroxylation is 1. The number of nitrogens with one attached hydrogen (secondary N) is 2. The summed E-state index contributed by atoms with van der Waals surface area (Å²) in [6, 6.07) is 13.5. The highest BCUT2D eigenvalue weighted by Gasteiger charge is 2.30. The molecule has 1 unspecified atom stereocenters. The van der Waals surface area contributed by atoms with Crippen molar-refractivity contribution in [3.05, 3.63) is 58.1 Å². The van der Waals surface area contributed by atoms with Gasteiger partial charge in [-0.15, -0.1) is 0 Å². The lowest BCUT2D eigenvalue weighted by molar-refractivity contribution is -0.116. The lowest BCUT2D eigenvalue weighted by Crippen LogP contribution is -2.19. The van der Waals surface area contributed by atoms with Crippen molar-refractivity contribution >= 4 is 33.2 Å². The molecule has 0 fully saturated rings. The Kier molecular flexibility index (Phi) is 3.03. The van der Waals surface area contributed by atoms with E-state index in [2.05, 4.69) is 26.6 Å². The van der Waals surface area contributed by atoms with Crippen LogP contribution in [0.25, 0.3) is 0 Å². The molecular weight excluding hydrogens is 304 g/mol. The van der Waals surface area contributed by atoms with E-state index in [1.54, 1.807) is 0 Å². The van der Waals surface area contributed by atoms with Gasteiger partial charge in [0.25, 0.3) is 5.91 Å². The van der Waals surface area contributed by atoms with Crippen molar-refractivity contribution in [2.75, 3.05) is 10.6 Å². The molecule has 1 aliphatic rings. The maximum Gasteiger partial charge on any atom is 0.251 e. The van der Waals surface area contributed by atoms with E-state index in [1.165, 1.54) is 5.56 Å². The van der Waals surface area contributed by atoms with Crippen LogP contribution in [0.15, 0.2) is 46.9 Å². The van der Waals surface area contributed by atoms with Crippen molar-refractivity contribution in [2.45, 2.75) is 13.0 Å². The van der Waals surface area contributed by atoms with Gasteiger partial charge in [-0.3, -0.25) is 4.79 Å². The summed E-state index contributed by atoms with van der Waals surface area (Å²) < 4.78 is 0.961. The van der Waals surface area contributed by atoms with E-state index in [0.717, 1.165) is 21.4 Å². The predicted octanol–water partition coefficient (Wildman–Crippen LogP) is 3.86. The predicted molar refractivity (Wildman–Crippen MR) is 80.3 cm³/mol. The average molecular weight is 317 g/mol. The molecule has 19 heavy (non-hydrogen) atoms. The number of hydrogen-bond donors (Lipinski definition) is 2. The standard InChI is InChI=1S/C15H13BrN2O/c1-9-2-5-11(6-3-9)17-14-12-7-4-10(16)8-13(12)18-15(14)19/h2-8,14,17H,1H3,(H,18,19). The molecule has 0 saturated carbocycles. The molecule has 2 N–H and O–H groups in total. The van der Waals surface area contributed by atoms with Gasteiger partial charge >= 0.3 is 0 Å². The van der Waals surface area contributed by atoms with E-state index in [-0.39, 0.29) is 11.9 Å². The Bertz CT molecular complexity index is 637. The molecular formula is C15H13BrN2O. The number of anilines is 2. The van der Waals surface area contributed by atoms with Crippen LogP contribution in [0.2, 0.25) is 0 Å². The van der Waals surface area contributed by atoms with Crippen LogP contribution < -0.4 is 10.6 Å². The smallest absolute Gasteiger partial charge is 0.251 e. The molecule has 96 valence electrons. The zero-order valence-electron chi connectivity index (χ0n) is 10.4. The Morgan fingerprint density at radius 1 is 1.16 bits per heavy atom. The summed E-state index contributed by atoms with van der Waals surface area (Å²) in [7, 11) is 0. The Morgan fingerprint density at radius 3 is 2.63 bits per heavy atom. The van der Waals surface area contributed by atoms with Gasteiger partial charge < -0.3 is 10.6 Å². The number of carbonyl (C=O) groups excluding carboxylic acids is 1. The number of rotatable bonds is 2. The van der Waals surface area contributed by atoms with Crippen molar-refractivity contribution in [3.8, 4) is 0 Å². The van der Waals surface area contributed by atoms with Crippen LogP contribution in [-0.2, 0) is 4.79 Å². The number of hydrogen-bond acceptors (Lipinski definition) is 2. The molecule has 1 heterocycles. The first-order chi connectivity index (χ1) is 9.13. The van der Waals surface area contributed by atoms with E-state index < -0.39 is 0 Å². The van der Waals surface area contributed by atoms with E-state index in [9.17, 15) is 4.79 Å². The fourth-order valence-corrected chi connectivity index (χ4v) is 2.56. The summed E-state index contributed by atoms with van der Waals surface area (Å²) in [6.07, 6.45) is 0. The van der Waals surface area contributed by atoms with Crippen LogP contribution in [0.3, 0.4) is 0 Å². The summed E-state index contributed by atoms with van der Waals surface area (Å²) in [5, 5.41) is 6.15. The molecule has 3 rings (SSSR count). The maximum absolute atomic E-state index is 12.0. The van der Waals surface area contributed by atoms with Gasteiger partial charge in [-0.25, -0.2) is 0 Å². The first-order valence-electron chi connectivity index (χ1n) is 6.07. The molecule has 0 radical (unpaired) electrons. The summed E-state index contributed by atoms with van der Waals surface area (Å²) in [5.41, 5.74) is 3.99. The second-order valence-electron chi connectivity index (χ2n) is 4.66. The van der Waals surface area contributed by atoms with Crippen LogP contribution in [0.4, 0.5) is 11.4 Å². The minimum absolute atomic E-state index is 0.0197. The summed E-state index contributed by atoms with van der Waals surface area (Å²) in [5.74, 6) is -0.0197. The topological polar surface area (TPSA) is 41.1 Å². The van der Waals surface area contributed by atoms with Gasteiger partial charge in [0.2, 0.25) is 0 Å². The molecule has 0 spiro atoms. The third kappa shape index (κ3) is 2.36.